The van der Waals surface area contributed by atoms with Gasteiger partial charge in [0.05, 0.1) is 23.7 Å². The Morgan fingerprint density at radius 2 is 2.19 bits per heavy atom. The van der Waals surface area contributed by atoms with Gasteiger partial charge in [0.1, 0.15) is 5.82 Å². The molecule has 2 rings (SSSR count). The quantitative estimate of drug-likeness (QED) is 0.871. The fourth-order valence-corrected chi connectivity index (χ4v) is 2.01. The number of hydrogen-bond donors (Lipinski definition) is 2. The summed E-state index contributed by atoms with van der Waals surface area (Å²) in [6.45, 7) is 0.240. The van der Waals surface area contributed by atoms with E-state index in [2.05, 4.69) is 5.32 Å². The molecule has 6 nitrogen and oxygen atoms in total. The lowest BCUT2D eigenvalue weighted by molar-refractivity contribution is 0.0697. The predicted molar refractivity (Wildman–Crippen MR) is 72.3 cm³/mol. The van der Waals surface area contributed by atoms with Crippen molar-refractivity contribution >= 4 is 17.7 Å². The maximum Gasteiger partial charge on any atom is 0.337 e. The molecule has 0 saturated heterocycles. The molecule has 0 heterocycles. The zero-order chi connectivity index (χ0) is 15.4. The van der Waals surface area contributed by atoms with Crippen molar-refractivity contribution in [1.29, 1.82) is 5.26 Å². The van der Waals surface area contributed by atoms with E-state index < -0.39 is 17.8 Å². The van der Waals surface area contributed by atoms with Crippen molar-refractivity contribution in [2.75, 3.05) is 11.9 Å². The lowest BCUT2D eigenvalue weighted by Crippen LogP contribution is -2.38. The highest BCUT2D eigenvalue weighted by Crippen LogP contribution is 2.28. The van der Waals surface area contributed by atoms with E-state index in [-0.39, 0.29) is 30.3 Å². The SMILES string of the molecule is N#CCCN(C(=O)Nc1c(F)cccc1C(=O)O)C1CC1. The number of amides is 2. The van der Waals surface area contributed by atoms with E-state index in [1.807, 2.05) is 6.07 Å². The smallest absolute Gasteiger partial charge is 0.337 e. The second-order valence-corrected chi connectivity index (χ2v) is 4.73. The number of nitrogens with zero attached hydrogens (tertiary/aromatic N) is 2. The second kappa shape index (κ2) is 6.22. The minimum atomic E-state index is -1.32. The first-order valence-electron chi connectivity index (χ1n) is 6.51. The molecule has 1 aliphatic rings. The van der Waals surface area contributed by atoms with Gasteiger partial charge in [0.15, 0.2) is 0 Å². The largest absolute Gasteiger partial charge is 0.478 e. The van der Waals surface area contributed by atoms with Gasteiger partial charge in [0.25, 0.3) is 0 Å². The standard InChI is InChI=1S/C14H14FN3O3/c15-11-4-1-3-10(13(19)20)12(11)17-14(21)18(8-2-7-16)9-5-6-9/h1,3-4,9H,2,5-6,8H2,(H,17,21)(H,19,20). The van der Waals surface area contributed by atoms with Crippen molar-refractivity contribution in [2.45, 2.75) is 25.3 Å². The molecule has 110 valence electrons. The van der Waals surface area contributed by atoms with Gasteiger partial charge in [-0.15, -0.1) is 0 Å². The number of nitrogens with one attached hydrogen (secondary N) is 1. The Morgan fingerprint density at radius 1 is 1.48 bits per heavy atom. The van der Waals surface area contributed by atoms with E-state index in [0.717, 1.165) is 18.9 Å². The minimum absolute atomic E-state index is 0.0402. The lowest BCUT2D eigenvalue weighted by atomic mass is 10.1. The number of carboxylic acids is 1. The molecule has 0 bridgehead atoms. The topological polar surface area (TPSA) is 93.4 Å². The maximum atomic E-state index is 13.8. The van der Waals surface area contributed by atoms with E-state index in [1.54, 1.807) is 0 Å². The first-order chi connectivity index (χ1) is 10.0. The van der Waals surface area contributed by atoms with Crippen LogP contribution in [0.3, 0.4) is 0 Å². The number of benzene rings is 1. The van der Waals surface area contributed by atoms with Crippen molar-refractivity contribution in [1.82, 2.24) is 4.90 Å². The molecule has 7 heteroatoms. The molecule has 1 fully saturated rings. The molecule has 21 heavy (non-hydrogen) atoms. The fraction of sp³-hybridized carbons (Fsp3) is 0.357. The molecule has 1 saturated carbocycles. The van der Waals surface area contributed by atoms with Crippen LogP contribution in [0.4, 0.5) is 14.9 Å². The monoisotopic (exact) mass is 291 g/mol. The van der Waals surface area contributed by atoms with Crippen LogP contribution in [0.25, 0.3) is 0 Å². The number of carbonyl (C=O) groups is 2. The van der Waals surface area contributed by atoms with Crippen molar-refractivity contribution in [2.24, 2.45) is 0 Å². The maximum absolute atomic E-state index is 13.8. The van der Waals surface area contributed by atoms with Crippen LogP contribution in [0.5, 0.6) is 0 Å². The van der Waals surface area contributed by atoms with Crippen LogP contribution in [0.15, 0.2) is 18.2 Å². The molecule has 2 N–H and O–H groups in total. The third-order valence-electron chi connectivity index (χ3n) is 3.19. The van der Waals surface area contributed by atoms with Crippen LogP contribution in [0.2, 0.25) is 0 Å². The summed E-state index contributed by atoms with van der Waals surface area (Å²) in [5, 5.41) is 19.9. The van der Waals surface area contributed by atoms with Crippen LogP contribution in [0, 0.1) is 17.1 Å². The summed E-state index contributed by atoms with van der Waals surface area (Å²) in [5.74, 6) is -2.13. The van der Waals surface area contributed by atoms with E-state index in [0.29, 0.717) is 0 Å². The van der Waals surface area contributed by atoms with Gasteiger partial charge in [-0.05, 0) is 25.0 Å². The average molecular weight is 291 g/mol. The van der Waals surface area contributed by atoms with Crippen LogP contribution < -0.4 is 5.32 Å². The van der Waals surface area contributed by atoms with Crippen LogP contribution in [-0.2, 0) is 0 Å². The molecule has 2 amide bonds. The van der Waals surface area contributed by atoms with Gasteiger partial charge >= 0.3 is 12.0 Å². The molecule has 0 atom stereocenters. The highest BCUT2D eigenvalue weighted by molar-refractivity contribution is 6.00. The van der Waals surface area contributed by atoms with E-state index in [1.165, 1.54) is 17.0 Å². The third-order valence-corrected chi connectivity index (χ3v) is 3.19. The Labute approximate surface area is 120 Å². The second-order valence-electron chi connectivity index (χ2n) is 4.73. The highest BCUT2D eigenvalue weighted by atomic mass is 19.1. The van der Waals surface area contributed by atoms with E-state index >= 15 is 0 Å². The zero-order valence-electron chi connectivity index (χ0n) is 11.2. The summed E-state index contributed by atoms with van der Waals surface area (Å²) in [6, 6.07) is 4.98. The van der Waals surface area contributed by atoms with Crippen LogP contribution in [-0.4, -0.2) is 34.6 Å². The summed E-state index contributed by atoms with van der Waals surface area (Å²) >= 11 is 0. The Kier molecular flexibility index (Phi) is 4.38. The Bertz CT molecular complexity index is 608. The molecule has 0 aliphatic heterocycles. The number of hydrogen-bond acceptors (Lipinski definition) is 3. The summed E-state index contributed by atoms with van der Waals surface area (Å²) in [6.07, 6.45) is 1.84. The Morgan fingerprint density at radius 3 is 2.76 bits per heavy atom. The van der Waals surface area contributed by atoms with Gasteiger partial charge in [0.2, 0.25) is 0 Å². The summed E-state index contributed by atoms with van der Waals surface area (Å²) in [4.78, 5) is 24.7. The number of aromatic carboxylic acids is 1. The molecule has 0 aromatic heterocycles. The average Bonchev–Trinajstić information content (AvgIpc) is 3.26. The number of para-hydroxylation sites is 1. The first kappa shape index (κ1) is 14.8. The van der Waals surface area contributed by atoms with E-state index in [4.69, 9.17) is 10.4 Å². The van der Waals surface area contributed by atoms with Crippen molar-refractivity contribution in [3.05, 3.63) is 29.6 Å². The normalized spacial score (nSPS) is 13.3. The summed E-state index contributed by atoms with van der Waals surface area (Å²) in [5.41, 5.74) is -0.656. The number of carboxylic acid groups (broad SMARTS) is 1. The van der Waals surface area contributed by atoms with Gasteiger partial charge in [0, 0.05) is 12.6 Å². The molecule has 1 aromatic rings. The van der Waals surface area contributed by atoms with Gasteiger partial charge in [-0.3, -0.25) is 0 Å². The zero-order valence-corrected chi connectivity index (χ0v) is 11.2. The predicted octanol–water partition coefficient (Wildman–Crippen LogP) is 2.43. The van der Waals surface area contributed by atoms with Crippen molar-refractivity contribution in [3.8, 4) is 6.07 Å². The Balaban J connectivity index is 2.18. The highest BCUT2D eigenvalue weighted by Gasteiger charge is 2.33. The number of nitriles is 1. The van der Waals surface area contributed by atoms with E-state index in [9.17, 15) is 14.0 Å². The number of carbonyl (C=O) groups excluding carboxylic acids is 1. The third kappa shape index (κ3) is 3.48. The lowest BCUT2D eigenvalue weighted by Gasteiger charge is -2.22. The minimum Gasteiger partial charge on any atom is -0.478 e. The van der Waals surface area contributed by atoms with Crippen molar-refractivity contribution in [3.63, 3.8) is 0 Å². The van der Waals surface area contributed by atoms with Gasteiger partial charge in [-0.2, -0.15) is 5.26 Å². The molecule has 1 aliphatic carbocycles. The molecular weight excluding hydrogens is 277 g/mol. The summed E-state index contributed by atoms with van der Waals surface area (Å²) in [7, 11) is 0. The molecule has 1 aromatic carbocycles. The number of rotatable bonds is 5. The summed E-state index contributed by atoms with van der Waals surface area (Å²) < 4.78 is 13.8. The molecule has 0 unspecified atom stereocenters. The molecule has 0 spiro atoms. The van der Waals surface area contributed by atoms with Crippen molar-refractivity contribution < 1.29 is 19.1 Å². The van der Waals surface area contributed by atoms with Gasteiger partial charge < -0.3 is 15.3 Å². The number of urea groups is 1. The van der Waals surface area contributed by atoms with Gasteiger partial charge in [-0.25, -0.2) is 14.0 Å². The molecular formula is C14H14FN3O3. The molecule has 0 radical (unpaired) electrons. The van der Waals surface area contributed by atoms with Crippen LogP contribution >= 0.6 is 0 Å². The fourth-order valence-electron chi connectivity index (χ4n) is 2.01. The Hall–Kier alpha value is -2.62. The number of anilines is 1. The van der Waals surface area contributed by atoms with Crippen LogP contribution in [0.1, 0.15) is 29.6 Å². The number of halogens is 1. The van der Waals surface area contributed by atoms with Gasteiger partial charge in [-0.1, -0.05) is 6.07 Å². The first-order valence-corrected chi connectivity index (χ1v) is 6.51.